The molecule has 0 spiro atoms. The van der Waals surface area contributed by atoms with Gasteiger partial charge in [-0.1, -0.05) is 17.4 Å². The van der Waals surface area contributed by atoms with Gasteiger partial charge in [0.1, 0.15) is 6.17 Å². The quantitative estimate of drug-likeness (QED) is 0.314. The molecule has 0 saturated heterocycles. The molecule has 0 bridgehead atoms. The first-order valence-electron chi connectivity index (χ1n) is 10.2. The number of nitrogens with zero attached hydrogens (tertiary/aromatic N) is 2. The zero-order valence-electron chi connectivity index (χ0n) is 19.0. The Morgan fingerprint density at radius 1 is 0.925 bits per heavy atom. The fraction of sp³-hybridized carbons (Fsp3) is 0.286. The SMILES string of the molecule is O=C(Nc1nc2ccc(-c3cnccc3C(F)(F)F)cc2s1)[C@@H]1C[C@@H]1F.O=C(O)C(F)(F)F.O=C(O)C(F)(F)F. The molecule has 1 fully saturated rings. The van der Waals surface area contributed by atoms with Gasteiger partial charge < -0.3 is 15.5 Å². The van der Waals surface area contributed by atoms with Crippen molar-refractivity contribution in [3.63, 3.8) is 0 Å². The average molecular weight is 609 g/mol. The minimum atomic E-state index is -5.08. The standard InChI is InChI=1S/C17H11F4N3OS.2C2HF3O2/c18-12-6-9(12)15(25)24-16-23-13-2-1-8(5-14(13)26-16)10-7-22-4-3-11(10)17(19,20)21;2*3-2(4,5)1(6)7/h1-5,7,9,12H,6H2,(H,23,24,25);2*(H,6,7)/t9-,12+;;/m1../s1. The van der Waals surface area contributed by atoms with Crippen molar-refractivity contribution >= 4 is 44.5 Å². The maximum atomic E-state index is 13.2. The van der Waals surface area contributed by atoms with Crippen molar-refractivity contribution < 1.29 is 68.5 Å². The molecule has 1 amide bonds. The molecule has 3 aromatic rings. The van der Waals surface area contributed by atoms with E-state index in [-0.39, 0.29) is 12.0 Å². The molecule has 2 heterocycles. The third kappa shape index (κ3) is 9.02. The van der Waals surface area contributed by atoms with Crippen molar-refractivity contribution in [3.05, 3.63) is 42.2 Å². The van der Waals surface area contributed by atoms with Crippen LogP contribution in [0.3, 0.4) is 0 Å². The summed E-state index contributed by atoms with van der Waals surface area (Å²) < 4.78 is 117. The Hall–Kier alpha value is -4.03. The monoisotopic (exact) mass is 609 g/mol. The van der Waals surface area contributed by atoms with Crippen LogP contribution in [0.1, 0.15) is 12.0 Å². The molecule has 19 heteroatoms. The first-order chi connectivity index (χ1) is 18.2. The van der Waals surface area contributed by atoms with Crippen LogP contribution in [0.4, 0.5) is 49.0 Å². The van der Waals surface area contributed by atoms with Crippen LogP contribution in [0.5, 0.6) is 0 Å². The summed E-state index contributed by atoms with van der Waals surface area (Å²) in [6.07, 6.45) is -13.3. The predicted molar refractivity (Wildman–Crippen MR) is 117 cm³/mol. The Morgan fingerprint density at radius 2 is 1.45 bits per heavy atom. The predicted octanol–water partition coefficient (Wildman–Crippen LogP) is 5.94. The minimum Gasteiger partial charge on any atom is -0.475 e. The molecule has 8 nitrogen and oxygen atoms in total. The number of hydrogen-bond acceptors (Lipinski definition) is 6. The highest BCUT2D eigenvalue weighted by Gasteiger charge is 2.44. The first-order valence-corrected chi connectivity index (χ1v) is 11.0. The molecular formula is C21H13F10N3O5S. The third-order valence-electron chi connectivity index (χ3n) is 4.59. The minimum absolute atomic E-state index is 0.0286. The first kappa shape index (κ1) is 32.2. The summed E-state index contributed by atoms with van der Waals surface area (Å²) in [7, 11) is 0. The number of aromatic nitrogens is 2. The van der Waals surface area contributed by atoms with Gasteiger partial charge >= 0.3 is 30.5 Å². The molecule has 2 atom stereocenters. The van der Waals surface area contributed by atoms with Gasteiger partial charge in [0, 0.05) is 18.0 Å². The fourth-order valence-corrected chi connectivity index (χ4v) is 3.56. The number of rotatable bonds is 3. The van der Waals surface area contributed by atoms with Crippen molar-refractivity contribution in [2.24, 2.45) is 5.92 Å². The number of halogens is 10. The molecular weight excluding hydrogens is 596 g/mol. The van der Waals surface area contributed by atoms with Gasteiger partial charge in [0.15, 0.2) is 5.13 Å². The lowest BCUT2D eigenvalue weighted by Crippen LogP contribution is -2.21. The van der Waals surface area contributed by atoms with E-state index in [2.05, 4.69) is 15.3 Å². The summed E-state index contributed by atoms with van der Waals surface area (Å²) in [6, 6.07) is 5.61. The Morgan fingerprint density at radius 3 is 1.90 bits per heavy atom. The van der Waals surface area contributed by atoms with E-state index in [0.29, 0.717) is 20.9 Å². The Labute approximate surface area is 219 Å². The Balaban J connectivity index is 0.000000333. The molecule has 1 aliphatic carbocycles. The highest BCUT2D eigenvalue weighted by atomic mass is 32.1. The van der Waals surface area contributed by atoms with Crippen LogP contribution in [0.15, 0.2) is 36.7 Å². The van der Waals surface area contributed by atoms with Crippen LogP contribution in [-0.2, 0) is 20.6 Å². The number of carbonyl (C=O) groups excluding carboxylic acids is 1. The van der Waals surface area contributed by atoms with E-state index < -0.39 is 54.0 Å². The highest BCUT2D eigenvalue weighted by molar-refractivity contribution is 7.22. The summed E-state index contributed by atoms with van der Waals surface area (Å²) in [5.74, 6) is -6.58. The van der Waals surface area contributed by atoms with E-state index in [1.165, 1.54) is 12.3 Å². The lowest BCUT2D eigenvalue weighted by molar-refractivity contribution is -0.193. The number of anilines is 1. The molecule has 0 aliphatic heterocycles. The number of fused-ring (bicyclic) bond motifs is 1. The lowest BCUT2D eigenvalue weighted by Gasteiger charge is -2.12. The van der Waals surface area contributed by atoms with Crippen molar-refractivity contribution in [2.75, 3.05) is 5.32 Å². The number of thiazole rings is 1. The average Bonchev–Trinajstić information content (AvgIpc) is 3.42. The van der Waals surface area contributed by atoms with Crippen LogP contribution in [0.25, 0.3) is 21.3 Å². The number of pyridine rings is 1. The fourth-order valence-electron chi connectivity index (χ4n) is 2.65. The maximum absolute atomic E-state index is 13.2. The van der Waals surface area contributed by atoms with Gasteiger partial charge in [0.2, 0.25) is 5.91 Å². The Kier molecular flexibility index (Phi) is 9.66. The van der Waals surface area contributed by atoms with E-state index in [1.54, 1.807) is 12.1 Å². The lowest BCUT2D eigenvalue weighted by atomic mass is 10.0. The molecule has 40 heavy (non-hydrogen) atoms. The molecule has 3 N–H and O–H groups in total. The zero-order valence-corrected chi connectivity index (χ0v) is 19.8. The summed E-state index contributed by atoms with van der Waals surface area (Å²) in [6.45, 7) is 0. The number of carboxylic acids is 2. The van der Waals surface area contributed by atoms with Crippen LogP contribution >= 0.6 is 11.3 Å². The normalized spacial score (nSPS) is 16.6. The molecule has 4 rings (SSSR count). The number of benzene rings is 1. The van der Waals surface area contributed by atoms with Crippen molar-refractivity contribution in [1.29, 1.82) is 0 Å². The molecule has 1 saturated carbocycles. The zero-order chi connectivity index (χ0) is 30.6. The number of carboxylic acid groups (broad SMARTS) is 2. The van der Waals surface area contributed by atoms with E-state index in [1.807, 2.05) is 0 Å². The van der Waals surface area contributed by atoms with Gasteiger partial charge in [-0.3, -0.25) is 9.78 Å². The number of hydrogen-bond donors (Lipinski definition) is 3. The smallest absolute Gasteiger partial charge is 0.475 e. The van der Waals surface area contributed by atoms with Crippen LogP contribution in [-0.4, -0.2) is 56.6 Å². The molecule has 2 aromatic heterocycles. The maximum Gasteiger partial charge on any atom is 0.490 e. The largest absolute Gasteiger partial charge is 0.490 e. The summed E-state index contributed by atoms with van der Waals surface area (Å²) >= 11 is 1.13. The summed E-state index contributed by atoms with van der Waals surface area (Å²) in [5, 5.41) is 17.1. The highest BCUT2D eigenvalue weighted by Crippen LogP contribution is 2.39. The Bertz CT molecular complexity index is 1360. The number of aliphatic carboxylic acids is 2. The van der Waals surface area contributed by atoms with Crippen molar-refractivity contribution in [3.8, 4) is 11.1 Å². The van der Waals surface area contributed by atoms with E-state index >= 15 is 0 Å². The molecule has 218 valence electrons. The second kappa shape index (κ2) is 12.0. The molecule has 1 aromatic carbocycles. The van der Waals surface area contributed by atoms with E-state index in [4.69, 9.17) is 19.8 Å². The van der Waals surface area contributed by atoms with Crippen LogP contribution < -0.4 is 5.32 Å². The second-order valence-electron chi connectivity index (χ2n) is 7.57. The van der Waals surface area contributed by atoms with Gasteiger partial charge in [-0.25, -0.2) is 19.0 Å². The van der Waals surface area contributed by atoms with Crippen LogP contribution in [0.2, 0.25) is 0 Å². The number of alkyl halides is 10. The molecule has 1 aliphatic rings. The van der Waals surface area contributed by atoms with Crippen LogP contribution in [0, 0.1) is 5.92 Å². The topological polar surface area (TPSA) is 129 Å². The summed E-state index contributed by atoms with van der Waals surface area (Å²) in [4.78, 5) is 37.6. The molecule has 0 radical (unpaired) electrons. The van der Waals surface area contributed by atoms with Gasteiger partial charge in [-0.15, -0.1) is 0 Å². The number of amides is 1. The number of carbonyl (C=O) groups is 3. The number of nitrogens with one attached hydrogen (secondary N) is 1. The van der Waals surface area contributed by atoms with Gasteiger partial charge in [0.25, 0.3) is 0 Å². The van der Waals surface area contributed by atoms with Gasteiger partial charge in [-0.2, -0.15) is 39.5 Å². The second-order valence-corrected chi connectivity index (χ2v) is 8.60. The van der Waals surface area contributed by atoms with Gasteiger partial charge in [0.05, 0.1) is 21.7 Å². The third-order valence-corrected chi connectivity index (χ3v) is 5.52. The summed E-state index contributed by atoms with van der Waals surface area (Å²) in [5.41, 5.74) is 0.0938. The van der Waals surface area contributed by atoms with E-state index in [0.717, 1.165) is 23.6 Å². The van der Waals surface area contributed by atoms with E-state index in [9.17, 15) is 48.7 Å². The molecule has 0 unspecified atom stereocenters. The van der Waals surface area contributed by atoms with Crippen molar-refractivity contribution in [1.82, 2.24) is 9.97 Å². The van der Waals surface area contributed by atoms with Crippen molar-refractivity contribution in [2.45, 2.75) is 31.1 Å². The van der Waals surface area contributed by atoms with Gasteiger partial charge in [-0.05, 0) is 30.2 Å².